The van der Waals surface area contributed by atoms with Crippen LogP contribution in [0, 0.1) is 0 Å². The summed E-state index contributed by atoms with van der Waals surface area (Å²) in [6.45, 7) is 0. The molecule has 0 heterocycles. The first kappa shape index (κ1) is 10.8. The Hall–Kier alpha value is -1.24. The third-order valence-electron chi connectivity index (χ3n) is 0.908. The van der Waals surface area contributed by atoms with Gasteiger partial charge in [0.05, 0.1) is 12.0 Å². The van der Waals surface area contributed by atoms with Crippen LogP contribution in [0.15, 0.2) is 5.16 Å². The van der Waals surface area contributed by atoms with Gasteiger partial charge in [-0.15, -0.1) is 0 Å². The Kier molecular flexibility index (Phi) is 4.86. The number of thioether (sulfide) groups is 1. The SMILES string of the molecule is O=C(O)C[C@@H](S/C=N/O)C(=O)O. The van der Waals surface area contributed by atoms with Gasteiger partial charge in [-0.05, 0) is 0 Å². The number of carboxylic acid groups (broad SMARTS) is 2. The van der Waals surface area contributed by atoms with Gasteiger partial charge in [-0.1, -0.05) is 16.9 Å². The Morgan fingerprint density at radius 3 is 2.42 bits per heavy atom. The van der Waals surface area contributed by atoms with Crippen LogP contribution in [0.2, 0.25) is 0 Å². The maximum Gasteiger partial charge on any atom is 0.317 e. The lowest BCUT2D eigenvalue weighted by molar-refractivity contribution is -0.142. The molecule has 0 radical (unpaired) electrons. The third-order valence-corrected chi connectivity index (χ3v) is 1.82. The van der Waals surface area contributed by atoms with Crippen molar-refractivity contribution in [2.45, 2.75) is 11.7 Å². The molecule has 0 rings (SSSR count). The van der Waals surface area contributed by atoms with Gasteiger partial charge in [-0.3, -0.25) is 9.59 Å². The summed E-state index contributed by atoms with van der Waals surface area (Å²) >= 11 is 0.636. The van der Waals surface area contributed by atoms with Crippen LogP contribution >= 0.6 is 11.8 Å². The number of hydrogen-bond acceptors (Lipinski definition) is 5. The van der Waals surface area contributed by atoms with Gasteiger partial charge in [0, 0.05) is 0 Å². The molecule has 0 aromatic carbocycles. The smallest absolute Gasteiger partial charge is 0.317 e. The van der Waals surface area contributed by atoms with Gasteiger partial charge in [0.15, 0.2) is 0 Å². The van der Waals surface area contributed by atoms with Crippen LogP contribution in [0.4, 0.5) is 0 Å². The van der Waals surface area contributed by atoms with Gasteiger partial charge in [-0.2, -0.15) is 0 Å². The zero-order valence-electron chi connectivity index (χ0n) is 5.88. The Balaban J connectivity index is 4.04. The van der Waals surface area contributed by atoms with Crippen molar-refractivity contribution in [2.75, 3.05) is 0 Å². The highest BCUT2D eigenvalue weighted by Gasteiger charge is 2.20. The minimum Gasteiger partial charge on any atom is -0.481 e. The number of nitrogens with zero attached hydrogens (tertiary/aromatic N) is 1. The van der Waals surface area contributed by atoms with Crippen LogP contribution in [0.25, 0.3) is 0 Å². The van der Waals surface area contributed by atoms with Crippen LogP contribution in [-0.4, -0.2) is 38.2 Å². The standard InChI is InChI=1S/C5H7NO5S/c7-4(8)1-3(5(9)10)12-2-6-11/h2-3,11H,1H2,(H,7,8)(H,9,10)/b6-2+/t3-/m1/s1. The number of hydrogen-bond donors (Lipinski definition) is 3. The summed E-state index contributed by atoms with van der Waals surface area (Å²) in [4.78, 5) is 20.4. The van der Waals surface area contributed by atoms with Gasteiger partial charge < -0.3 is 15.4 Å². The van der Waals surface area contributed by atoms with Crippen LogP contribution in [-0.2, 0) is 9.59 Å². The molecule has 0 aliphatic carbocycles. The summed E-state index contributed by atoms with van der Waals surface area (Å²) < 4.78 is 0. The highest BCUT2D eigenvalue weighted by Crippen LogP contribution is 2.11. The van der Waals surface area contributed by atoms with Gasteiger partial charge in [-0.25, -0.2) is 0 Å². The fraction of sp³-hybridized carbons (Fsp3) is 0.400. The van der Waals surface area contributed by atoms with E-state index in [1.54, 1.807) is 0 Å². The molecule has 3 N–H and O–H groups in total. The summed E-state index contributed by atoms with van der Waals surface area (Å²) in [6.07, 6.45) is -0.508. The Morgan fingerprint density at radius 2 is 2.08 bits per heavy atom. The molecule has 0 amide bonds. The molecule has 0 aliphatic heterocycles. The van der Waals surface area contributed by atoms with Gasteiger partial charge in [0.25, 0.3) is 0 Å². The van der Waals surface area contributed by atoms with Crippen molar-refractivity contribution < 1.29 is 25.0 Å². The molecule has 0 fully saturated rings. The largest absolute Gasteiger partial charge is 0.481 e. The Labute approximate surface area is 71.9 Å². The van der Waals surface area contributed by atoms with Crippen molar-refractivity contribution in [3.05, 3.63) is 0 Å². The summed E-state index contributed by atoms with van der Waals surface area (Å²) in [5.41, 5.74) is 0.877. The van der Waals surface area contributed by atoms with Crippen molar-refractivity contribution in [3.63, 3.8) is 0 Å². The maximum absolute atomic E-state index is 10.3. The number of rotatable bonds is 5. The lowest BCUT2D eigenvalue weighted by atomic mass is 10.3. The van der Waals surface area contributed by atoms with Crippen LogP contribution in [0.1, 0.15) is 6.42 Å². The molecular weight excluding hydrogens is 186 g/mol. The topological polar surface area (TPSA) is 107 Å². The monoisotopic (exact) mass is 193 g/mol. The fourth-order valence-corrected chi connectivity index (χ4v) is 1.01. The van der Waals surface area contributed by atoms with Crippen molar-refractivity contribution in [1.82, 2.24) is 0 Å². The van der Waals surface area contributed by atoms with Crippen LogP contribution in [0.3, 0.4) is 0 Å². The first-order valence-electron chi connectivity index (χ1n) is 2.84. The summed E-state index contributed by atoms with van der Waals surface area (Å²) in [5.74, 6) is -2.46. The van der Waals surface area contributed by atoms with Gasteiger partial charge >= 0.3 is 11.9 Å². The lowest BCUT2D eigenvalue weighted by Crippen LogP contribution is -2.20. The van der Waals surface area contributed by atoms with E-state index in [1.807, 2.05) is 0 Å². The van der Waals surface area contributed by atoms with Crippen LogP contribution < -0.4 is 0 Å². The van der Waals surface area contributed by atoms with Crippen molar-refractivity contribution in [2.24, 2.45) is 5.16 Å². The lowest BCUT2D eigenvalue weighted by Gasteiger charge is -2.03. The second kappa shape index (κ2) is 5.42. The molecule has 6 nitrogen and oxygen atoms in total. The Morgan fingerprint density at radius 1 is 1.50 bits per heavy atom. The molecule has 0 saturated heterocycles. The van der Waals surface area contributed by atoms with E-state index in [9.17, 15) is 9.59 Å². The summed E-state index contributed by atoms with van der Waals surface area (Å²) in [7, 11) is 0. The highest BCUT2D eigenvalue weighted by molar-refractivity contribution is 8.13. The minimum absolute atomic E-state index is 0.508. The van der Waals surface area contributed by atoms with E-state index in [0.717, 1.165) is 5.55 Å². The molecule has 12 heavy (non-hydrogen) atoms. The molecule has 7 heteroatoms. The summed E-state index contributed by atoms with van der Waals surface area (Å²) in [6, 6.07) is 0. The molecular formula is C5H7NO5S. The Bertz CT molecular complexity index is 204. The highest BCUT2D eigenvalue weighted by atomic mass is 32.2. The quantitative estimate of drug-likeness (QED) is 0.247. The van der Waals surface area contributed by atoms with E-state index in [2.05, 4.69) is 5.16 Å². The van der Waals surface area contributed by atoms with E-state index in [-0.39, 0.29) is 0 Å². The molecule has 0 saturated carbocycles. The van der Waals surface area contributed by atoms with E-state index >= 15 is 0 Å². The van der Waals surface area contributed by atoms with E-state index < -0.39 is 23.6 Å². The zero-order chi connectivity index (χ0) is 9.56. The fourth-order valence-electron chi connectivity index (χ4n) is 0.453. The minimum atomic E-state index is -1.25. The van der Waals surface area contributed by atoms with Gasteiger partial charge in [0.2, 0.25) is 0 Å². The molecule has 0 spiro atoms. The predicted molar refractivity (Wildman–Crippen MR) is 41.5 cm³/mol. The average molecular weight is 193 g/mol. The first-order chi connectivity index (χ1) is 5.57. The summed E-state index contributed by atoms with van der Waals surface area (Å²) in [5, 5.41) is 26.0. The average Bonchev–Trinajstić information content (AvgIpc) is 1.96. The second-order valence-corrected chi connectivity index (χ2v) is 2.83. The van der Waals surface area contributed by atoms with Crippen molar-refractivity contribution in [1.29, 1.82) is 0 Å². The molecule has 0 unspecified atom stereocenters. The van der Waals surface area contributed by atoms with E-state index in [4.69, 9.17) is 15.4 Å². The molecule has 1 atom stereocenters. The number of carboxylic acids is 2. The second-order valence-electron chi connectivity index (χ2n) is 1.78. The number of oxime groups is 1. The predicted octanol–water partition coefficient (Wildman–Crippen LogP) is 0.0650. The number of carbonyl (C=O) groups is 2. The molecule has 0 aliphatic rings. The van der Waals surface area contributed by atoms with E-state index in [1.165, 1.54) is 0 Å². The van der Waals surface area contributed by atoms with Gasteiger partial charge in [0.1, 0.15) is 5.25 Å². The van der Waals surface area contributed by atoms with E-state index in [0.29, 0.717) is 11.8 Å². The first-order valence-corrected chi connectivity index (χ1v) is 3.78. The maximum atomic E-state index is 10.3. The molecule has 0 bridgehead atoms. The van der Waals surface area contributed by atoms with Crippen molar-refractivity contribution >= 4 is 29.2 Å². The van der Waals surface area contributed by atoms with Crippen molar-refractivity contribution in [3.8, 4) is 0 Å². The normalized spacial score (nSPS) is 13.0. The molecule has 68 valence electrons. The molecule has 0 aromatic rings. The zero-order valence-corrected chi connectivity index (χ0v) is 6.69. The van der Waals surface area contributed by atoms with Crippen LogP contribution in [0.5, 0.6) is 0 Å². The third kappa shape index (κ3) is 4.56. The molecule has 0 aromatic heterocycles. The number of aliphatic carboxylic acids is 2.